The van der Waals surface area contributed by atoms with Crippen molar-refractivity contribution in [3.05, 3.63) is 90.0 Å². The minimum absolute atomic E-state index is 0.258. The summed E-state index contributed by atoms with van der Waals surface area (Å²) in [5, 5.41) is 5.96. The molecule has 4 nitrogen and oxygen atoms in total. The molecule has 1 heterocycles. The Labute approximate surface area is 145 Å². The van der Waals surface area contributed by atoms with Crippen molar-refractivity contribution in [2.75, 3.05) is 11.9 Å². The van der Waals surface area contributed by atoms with Gasteiger partial charge in [-0.3, -0.25) is 4.79 Å². The van der Waals surface area contributed by atoms with E-state index < -0.39 is 0 Å². The molecule has 1 amide bonds. The van der Waals surface area contributed by atoms with Crippen molar-refractivity contribution in [2.45, 2.75) is 6.42 Å². The molecule has 0 aliphatic rings. The fraction of sp³-hybridized carbons (Fsp3) is 0.100. The Balaban J connectivity index is 1.53. The van der Waals surface area contributed by atoms with Crippen LogP contribution in [-0.2, 0) is 6.42 Å². The second-order valence-electron chi connectivity index (χ2n) is 5.52. The molecule has 0 atom stereocenters. The molecule has 1 aromatic heterocycles. The van der Waals surface area contributed by atoms with Crippen molar-refractivity contribution < 1.29 is 9.18 Å². The van der Waals surface area contributed by atoms with Crippen LogP contribution in [0.25, 0.3) is 0 Å². The molecule has 126 valence electrons. The van der Waals surface area contributed by atoms with Gasteiger partial charge in [0, 0.05) is 12.2 Å². The van der Waals surface area contributed by atoms with Gasteiger partial charge < -0.3 is 10.6 Å². The first-order valence-electron chi connectivity index (χ1n) is 8.02. The van der Waals surface area contributed by atoms with Crippen LogP contribution >= 0.6 is 0 Å². The monoisotopic (exact) mass is 335 g/mol. The fourth-order valence-electron chi connectivity index (χ4n) is 2.39. The zero-order chi connectivity index (χ0) is 17.5. The molecule has 0 radical (unpaired) electrons. The molecule has 0 bridgehead atoms. The molecular formula is C20H18FN3O. The zero-order valence-corrected chi connectivity index (χ0v) is 13.6. The Bertz CT molecular complexity index is 835. The lowest BCUT2D eigenvalue weighted by Crippen LogP contribution is -2.26. The van der Waals surface area contributed by atoms with Gasteiger partial charge >= 0.3 is 0 Å². The van der Waals surface area contributed by atoms with Crippen LogP contribution in [0.15, 0.2) is 72.9 Å². The van der Waals surface area contributed by atoms with Crippen LogP contribution in [0.4, 0.5) is 15.8 Å². The summed E-state index contributed by atoms with van der Waals surface area (Å²) in [5.74, 6) is -0.534. The molecule has 0 saturated heterocycles. The summed E-state index contributed by atoms with van der Waals surface area (Å²) in [4.78, 5) is 16.3. The van der Waals surface area contributed by atoms with Crippen LogP contribution in [0, 0.1) is 5.82 Å². The first-order chi connectivity index (χ1) is 12.2. The lowest BCUT2D eigenvalue weighted by atomic mass is 10.1. The molecule has 0 saturated carbocycles. The predicted octanol–water partition coefficient (Wildman–Crippen LogP) is 3.94. The Morgan fingerprint density at radius 2 is 1.68 bits per heavy atom. The van der Waals surface area contributed by atoms with Gasteiger partial charge in [0.15, 0.2) is 0 Å². The quantitative estimate of drug-likeness (QED) is 0.717. The number of amides is 1. The molecule has 0 aliphatic heterocycles. The van der Waals surface area contributed by atoms with E-state index >= 15 is 0 Å². The summed E-state index contributed by atoms with van der Waals surface area (Å²) in [5.41, 5.74) is 2.66. The first kappa shape index (κ1) is 16.6. The average Bonchev–Trinajstić information content (AvgIpc) is 2.65. The lowest BCUT2D eigenvalue weighted by Gasteiger charge is -2.08. The van der Waals surface area contributed by atoms with Gasteiger partial charge in [-0.1, -0.05) is 36.4 Å². The number of benzene rings is 2. The maximum atomic E-state index is 13.5. The Hall–Kier alpha value is -3.21. The van der Waals surface area contributed by atoms with Gasteiger partial charge in [-0.2, -0.15) is 0 Å². The van der Waals surface area contributed by atoms with Gasteiger partial charge in [0.25, 0.3) is 5.91 Å². The number of nitrogens with zero attached hydrogens (tertiary/aromatic N) is 1. The third-order valence-corrected chi connectivity index (χ3v) is 3.70. The standard InChI is InChI=1S/C20H18FN3O/c21-18-9-5-4-6-15(18)12-13-22-20(25)19-11-10-17(14-23-19)24-16-7-2-1-3-8-16/h1-11,14,24H,12-13H2,(H,22,25). The number of anilines is 2. The van der Waals surface area contributed by atoms with Crippen LogP contribution in [0.1, 0.15) is 16.1 Å². The molecule has 25 heavy (non-hydrogen) atoms. The number of para-hydroxylation sites is 1. The van der Waals surface area contributed by atoms with Crippen LogP contribution in [0.3, 0.4) is 0 Å². The summed E-state index contributed by atoms with van der Waals surface area (Å²) in [6, 6.07) is 19.7. The van der Waals surface area contributed by atoms with E-state index in [2.05, 4.69) is 15.6 Å². The summed E-state index contributed by atoms with van der Waals surface area (Å²) in [6.45, 7) is 0.353. The maximum absolute atomic E-state index is 13.5. The molecule has 0 unspecified atom stereocenters. The average molecular weight is 335 g/mol. The van der Waals surface area contributed by atoms with Crippen molar-refractivity contribution >= 4 is 17.3 Å². The van der Waals surface area contributed by atoms with Gasteiger partial charge in [0.05, 0.1) is 11.9 Å². The van der Waals surface area contributed by atoms with Gasteiger partial charge in [-0.25, -0.2) is 9.37 Å². The fourth-order valence-corrected chi connectivity index (χ4v) is 2.39. The van der Waals surface area contributed by atoms with Crippen molar-refractivity contribution in [3.8, 4) is 0 Å². The van der Waals surface area contributed by atoms with Crippen molar-refractivity contribution in [1.82, 2.24) is 10.3 Å². The molecule has 0 fully saturated rings. The number of aromatic nitrogens is 1. The third kappa shape index (κ3) is 4.64. The molecule has 5 heteroatoms. The minimum atomic E-state index is -0.275. The Morgan fingerprint density at radius 1 is 0.920 bits per heavy atom. The number of hydrogen-bond donors (Lipinski definition) is 2. The van der Waals surface area contributed by atoms with E-state index in [4.69, 9.17) is 0 Å². The molecule has 2 N–H and O–H groups in total. The largest absolute Gasteiger partial charge is 0.354 e. The Morgan fingerprint density at radius 3 is 2.40 bits per heavy atom. The van der Waals surface area contributed by atoms with Crippen LogP contribution < -0.4 is 10.6 Å². The molecule has 0 aliphatic carbocycles. The van der Waals surface area contributed by atoms with Gasteiger partial charge in [0.2, 0.25) is 0 Å². The SMILES string of the molecule is O=C(NCCc1ccccc1F)c1ccc(Nc2ccccc2)cn1. The number of rotatable bonds is 6. The second kappa shape index (κ2) is 8.06. The number of hydrogen-bond acceptors (Lipinski definition) is 3. The van der Waals surface area contributed by atoms with E-state index in [0.717, 1.165) is 11.4 Å². The van der Waals surface area contributed by atoms with Crippen LogP contribution in [0.5, 0.6) is 0 Å². The molecular weight excluding hydrogens is 317 g/mol. The summed E-state index contributed by atoms with van der Waals surface area (Å²) in [6.07, 6.45) is 2.05. The van der Waals surface area contributed by atoms with E-state index in [9.17, 15) is 9.18 Å². The smallest absolute Gasteiger partial charge is 0.269 e. The lowest BCUT2D eigenvalue weighted by molar-refractivity contribution is 0.0949. The van der Waals surface area contributed by atoms with E-state index in [1.807, 2.05) is 30.3 Å². The zero-order valence-electron chi connectivity index (χ0n) is 13.6. The van der Waals surface area contributed by atoms with Gasteiger partial charge in [-0.05, 0) is 42.3 Å². The topological polar surface area (TPSA) is 54.0 Å². The highest BCUT2D eigenvalue weighted by atomic mass is 19.1. The Kier molecular flexibility index (Phi) is 5.36. The maximum Gasteiger partial charge on any atom is 0.269 e. The number of halogens is 1. The highest BCUT2D eigenvalue weighted by Gasteiger charge is 2.07. The van der Waals surface area contributed by atoms with Crippen LogP contribution in [0.2, 0.25) is 0 Å². The number of carbonyl (C=O) groups excluding carboxylic acids is 1. The summed E-state index contributed by atoms with van der Waals surface area (Å²) < 4.78 is 13.5. The van der Waals surface area contributed by atoms with E-state index in [0.29, 0.717) is 24.2 Å². The van der Waals surface area contributed by atoms with Gasteiger partial charge in [0.1, 0.15) is 11.5 Å². The molecule has 2 aromatic carbocycles. The normalized spacial score (nSPS) is 10.3. The van der Waals surface area contributed by atoms with Crippen molar-refractivity contribution in [1.29, 1.82) is 0 Å². The highest BCUT2D eigenvalue weighted by Crippen LogP contribution is 2.15. The number of nitrogens with one attached hydrogen (secondary N) is 2. The summed E-state index contributed by atoms with van der Waals surface area (Å²) >= 11 is 0. The van der Waals surface area contributed by atoms with E-state index in [-0.39, 0.29) is 11.7 Å². The minimum Gasteiger partial charge on any atom is -0.354 e. The number of pyridine rings is 1. The summed E-state index contributed by atoms with van der Waals surface area (Å²) in [7, 11) is 0. The van der Waals surface area contributed by atoms with Gasteiger partial charge in [-0.15, -0.1) is 0 Å². The third-order valence-electron chi connectivity index (χ3n) is 3.70. The molecule has 3 aromatic rings. The number of carbonyl (C=O) groups is 1. The van der Waals surface area contributed by atoms with Crippen molar-refractivity contribution in [3.63, 3.8) is 0 Å². The van der Waals surface area contributed by atoms with Crippen molar-refractivity contribution in [2.24, 2.45) is 0 Å². The molecule has 3 rings (SSSR count). The second-order valence-corrected chi connectivity index (χ2v) is 5.52. The first-order valence-corrected chi connectivity index (χ1v) is 8.02. The van der Waals surface area contributed by atoms with E-state index in [1.165, 1.54) is 6.07 Å². The van der Waals surface area contributed by atoms with E-state index in [1.54, 1.807) is 36.5 Å². The predicted molar refractivity (Wildman–Crippen MR) is 96.4 cm³/mol. The van der Waals surface area contributed by atoms with Crippen LogP contribution in [-0.4, -0.2) is 17.4 Å². The molecule has 0 spiro atoms. The highest BCUT2D eigenvalue weighted by molar-refractivity contribution is 5.92.